The summed E-state index contributed by atoms with van der Waals surface area (Å²) in [5.41, 5.74) is 5.41. The highest BCUT2D eigenvalue weighted by molar-refractivity contribution is 5.67. The minimum absolute atomic E-state index is 0.679. The van der Waals surface area contributed by atoms with Crippen LogP contribution in [0.25, 0.3) is 0 Å². The summed E-state index contributed by atoms with van der Waals surface area (Å²) in [5.74, 6) is 0.796. The van der Waals surface area contributed by atoms with Gasteiger partial charge >= 0.3 is 0 Å². The molecule has 0 saturated heterocycles. The van der Waals surface area contributed by atoms with E-state index in [1.54, 1.807) is 0 Å². The molecule has 0 amide bonds. The monoisotopic (exact) mass is 277 g/mol. The van der Waals surface area contributed by atoms with Crippen LogP contribution in [0.4, 0.5) is 11.5 Å². The standard InChI is InChI=1S/C18H19N3/c1-3-21(16-9-7-13(2)8-10-16)18-15(12-19)11-14-5-4-6-17(14)20-18/h7-11H,3-6H2,1-2H3. The van der Waals surface area contributed by atoms with Gasteiger partial charge in [-0.05, 0) is 56.9 Å². The zero-order chi connectivity index (χ0) is 14.8. The lowest BCUT2D eigenvalue weighted by molar-refractivity contribution is 0.894. The fourth-order valence-electron chi connectivity index (χ4n) is 2.93. The molecule has 1 aromatic heterocycles. The lowest BCUT2D eigenvalue weighted by Crippen LogP contribution is -2.19. The summed E-state index contributed by atoms with van der Waals surface area (Å²) in [7, 11) is 0. The molecular weight excluding hydrogens is 258 g/mol. The van der Waals surface area contributed by atoms with Crippen LogP contribution >= 0.6 is 0 Å². The zero-order valence-electron chi connectivity index (χ0n) is 12.6. The first-order chi connectivity index (χ1) is 10.2. The Morgan fingerprint density at radius 1 is 1.24 bits per heavy atom. The number of anilines is 2. The molecule has 21 heavy (non-hydrogen) atoms. The summed E-state index contributed by atoms with van der Waals surface area (Å²) < 4.78 is 0. The first-order valence-corrected chi connectivity index (χ1v) is 7.50. The second-order valence-corrected chi connectivity index (χ2v) is 5.51. The van der Waals surface area contributed by atoms with Crippen molar-refractivity contribution in [2.75, 3.05) is 11.4 Å². The highest BCUT2D eigenvalue weighted by atomic mass is 15.2. The molecule has 1 aromatic carbocycles. The normalized spacial score (nSPS) is 12.8. The maximum absolute atomic E-state index is 9.47. The van der Waals surface area contributed by atoms with Gasteiger partial charge in [0, 0.05) is 17.9 Å². The van der Waals surface area contributed by atoms with Gasteiger partial charge in [-0.15, -0.1) is 0 Å². The second kappa shape index (κ2) is 5.57. The highest BCUT2D eigenvalue weighted by Crippen LogP contribution is 2.31. The quantitative estimate of drug-likeness (QED) is 0.854. The van der Waals surface area contributed by atoms with Crippen LogP contribution in [-0.2, 0) is 12.8 Å². The molecule has 3 nitrogen and oxygen atoms in total. The van der Waals surface area contributed by atoms with Crippen molar-refractivity contribution in [1.29, 1.82) is 5.26 Å². The van der Waals surface area contributed by atoms with Crippen LogP contribution in [0.5, 0.6) is 0 Å². The molecule has 3 rings (SSSR count). The van der Waals surface area contributed by atoms with Gasteiger partial charge in [-0.3, -0.25) is 0 Å². The lowest BCUT2D eigenvalue weighted by atomic mass is 10.1. The average Bonchev–Trinajstić information content (AvgIpc) is 2.96. The third-order valence-corrected chi connectivity index (χ3v) is 4.07. The molecule has 0 radical (unpaired) electrons. The third-order valence-electron chi connectivity index (χ3n) is 4.07. The van der Waals surface area contributed by atoms with Crippen LogP contribution in [-0.4, -0.2) is 11.5 Å². The zero-order valence-corrected chi connectivity index (χ0v) is 12.6. The van der Waals surface area contributed by atoms with Crippen molar-refractivity contribution in [2.45, 2.75) is 33.1 Å². The van der Waals surface area contributed by atoms with Crippen molar-refractivity contribution in [3.8, 4) is 6.07 Å². The van der Waals surface area contributed by atoms with Gasteiger partial charge in [0.05, 0.1) is 5.56 Å². The molecule has 1 heterocycles. The van der Waals surface area contributed by atoms with Gasteiger partial charge in [0.2, 0.25) is 0 Å². The molecule has 106 valence electrons. The lowest BCUT2D eigenvalue weighted by Gasteiger charge is -2.24. The molecule has 0 unspecified atom stereocenters. The fraction of sp³-hybridized carbons (Fsp3) is 0.333. The van der Waals surface area contributed by atoms with Gasteiger partial charge in [0.15, 0.2) is 5.82 Å². The number of benzene rings is 1. The van der Waals surface area contributed by atoms with Gasteiger partial charge in [-0.25, -0.2) is 4.98 Å². The van der Waals surface area contributed by atoms with Crippen molar-refractivity contribution in [3.63, 3.8) is 0 Å². The molecule has 1 aliphatic carbocycles. The van der Waals surface area contributed by atoms with E-state index < -0.39 is 0 Å². The number of pyridine rings is 1. The molecule has 0 N–H and O–H groups in total. The molecule has 0 fully saturated rings. The first kappa shape index (κ1) is 13.6. The van der Waals surface area contributed by atoms with Gasteiger partial charge in [-0.1, -0.05) is 17.7 Å². The summed E-state index contributed by atoms with van der Waals surface area (Å²) in [6, 6.07) is 12.7. The van der Waals surface area contributed by atoms with Crippen LogP contribution in [0.1, 0.15) is 35.7 Å². The Morgan fingerprint density at radius 2 is 2.00 bits per heavy atom. The van der Waals surface area contributed by atoms with E-state index in [0.29, 0.717) is 5.56 Å². The predicted octanol–water partition coefficient (Wildman–Crippen LogP) is 3.91. The first-order valence-electron chi connectivity index (χ1n) is 7.50. The predicted molar refractivity (Wildman–Crippen MR) is 84.8 cm³/mol. The van der Waals surface area contributed by atoms with Crippen molar-refractivity contribution in [3.05, 3.63) is 52.7 Å². The maximum atomic E-state index is 9.47. The number of nitriles is 1. The summed E-state index contributed by atoms with van der Waals surface area (Å²) in [5, 5.41) is 9.47. The van der Waals surface area contributed by atoms with Crippen molar-refractivity contribution in [2.24, 2.45) is 0 Å². The summed E-state index contributed by atoms with van der Waals surface area (Å²) in [6.45, 7) is 4.97. The molecular formula is C18H19N3. The number of aromatic nitrogens is 1. The van der Waals surface area contributed by atoms with Gasteiger partial charge in [-0.2, -0.15) is 5.26 Å². The largest absolute Gasteiger partial charge is 0.326 e. The summed E-state index contributed by atoms with van der Waals surface area (Å²) in [6.07, 6.45) is 3.22. The van der Waals surface area contributed by atoms with Crippen molar-refractivity contribution in [1.82, 2.24) is 4.98 Å². The molecule has 0 bridgehead atoms. The van der Waals surface area contributed by atoms with E-state index in [9.17, 15) is 5.26 Å². The van der Waals surface area contributed by atoms with Crippen LogP contribution in [0, 0.1) is 18.3 Å². The molecule has 0 atom stereocenters. The number of fused-ring (bicyclic) bond motifs is 1. The summed E-state index contributed by atoms with van der Waals surface area (Å²) >= 11 is 0. The Kier molecular flexibility index (Phi) is 3.62. The molecule has 1 aliphatic rings. The number of hydrogen-bond acceptors (Lipinski definition) is 3. The minimum atomic E-state index is 0.679. The van der Waals surface area contributed by atoms with E-state index in [1.807, 2.05) is 6.07 Å². The fourth-order valence-corrected chi connectivity index (χ4v) is 2.93. The molecule has 0 aliphatic heterocycles. The van der Waals surface area contributed by atoms with Crippen molar-refractivity contribution < 1.29 is 0 Å². The Bertz CT molecular complexity index is 696. The van der Waals surface area contributed by atoms with Crippen molar-refractivity contribution >= 4 is 11.5 Å². The maximum Gasteiger partial charge on any atom is 0.151 e. The van der Waals surface area contributed by atoms with Gasteiger partial charge < -0.3 is 4.90 Å². The van der Waals surface area contributed by atoms with E-state index in [-0.39, 0.29) is 0 Å². The van der Waals surface area contributed by atoms with Gasteiger partial charge in [0.1, 0.15) is 6.07 Å². The number of hydrogen-bond donors (Lipinski definition) is 0. The molecule has 0 saturated carbocycles. The number of rotatable bonds is 3. The Hall–Kier alpha value is -2.34. The number of nitrogens with zero attached hydrogens (tertiary/aromatic N) is 3. The van der Waals surface area contributed by atoms with E-state index in [4.69, 9.17) is 4.98 Å². The number of aryl methyl sites for hydroxylation is 3. The van der Waals surface area contributed by atoms with Crippen LogP contribution in [0.2, 0.25) is 0 Å². The Morgan fingerprint density at radius 3 is 2.67 bits per heavy atom. The van der Waals surface area contributed by atoms with E-state index in [1.165, 1.54) is 11.1 Å². The molecule has 3 heteroatoms. The molecule has 2 aromatic rings. The van der Waals surface area contributed by atoms with Crippen LogP contribution < -0.4 is 4.90 Å². The SMILES string of the molecule is CCN(c1ccc(C)cc1)c1nc2c(cc1C#N)CCC2. The third kappa shape index (κ3) is 2.50. The van der Waals surface area contributed by atoms with Gasteiger partial charge in [0.25, 0.3) is 0 Å². The topological polar surface area (TPSA) is 39.9 Å². The second-order valence-electron chi connectivity index (χ2n) is 5.51. The minimum Gasteiger partial charge on any atom is -0.326 e. The van der Waals surface area contributed by atoms with E-state index in [0.717, 1.165) is 43.0 Å². The summed E-state index contributed by atoms with van der Waals surface area (Å²) in [4.78, 5) is 6.92. The van der Waals surface area contributed by atoms with E-state index >= 15 is 0 Å². The van der Waals surface area contributed by atoms with Crippen LogP contribution in [0.3, 0.4) is 0 Å². The Balaban J connectivity index is 2.08. The smallest absolute Gasteiger partial charge is 0.151 e. The van der Waals surface area contributed by atoms with E-state index in [2.05, 4.69) is 49.1 Å². The average molecular weight is 277 g/mol. The molecule has 0 spiro atoms. The highest BCUT2D eigenvalue weighted by Gasteiger charge is 2.20. The Labute approximate surface area is 125 Å². The van der Waals surface area contributed by atoms with Crippen LogP contribution in [0.15, 0.2) is 30.3 Å².